The van der Waals surface area contributed by atoms with E-state index in [0.717, 1.165) is 18.4 Å². The van der Waals surface area contributed by atoms with Crippen LogP contribution in [0.1, 0.15) is 12.0 Å². The molecule has 0 bridgehead atoms. The number of benzene rings is 1. The summed E-state index contributed by atoms with van der Waals surface area (Å²) in [6.07, 6.45) is 1.84. The van der Waals surface area contributed by atoms with E-state index in [1.165, 1.54) is 0 Å². The first-order valence-electron chi connectivity index (χ1n) is 4.83. The molecule has 0 saturated carbocycles. The van der Waals surface area contributed by atoms with Crippen LogP contribution in [0.15, 0.2) is 12.1 Å². The standard InChI is InChI=1S/C11H16ClNO2/c1-14-9-6-8(4-3-5-13)7-10(15-2)11(9)12/h6-7H,3-5,13H2,1-2H3. The monoisotopic (exact) mass is 229 g/mol. The third-order valence-electron chi connectivity index (χ3n) is 2.18. The molecule has 0 aromatic heterocycles. The molecule has 3 nitrogen and oxygen atoms in total. The summed E-state index contributed by atoms with van der Waals surface area (Å²) in [7, 11) is 3.18. The van der Waals surface area contributed by atoms with Crippen molar-refractivity contribution >= 4 is 11.6 Å². The van der Waals surface area contributed by atoms with Crippen molar-refractivity contribution in [2.45, 2.75) is 12.8 Å². The first-order chi connectivity index (χ1) is 7.22. The smallest absolute Gasteiger partial charge is 0.141 e. The first kappa shape index (κ1) is 12.1. The second-order valence-electron chi connectivity index (χ2n) is 3.21. The lowest BCUT2D eigenvalue weighted by atomic mass is 10.1. The number of nitrogens with two attached hydrogens (primary N) is 1. The number of ether oxygens (including phenoxy) is 2. The Morgan fingerprint density at radius 1 is 1.20 bits per heavy atom. The highest BCUT2D eigenvalue weighted by Crippen LogP contribution is 2.35. The van der Waals surface area contributed by atoms with Gasteiger partial charge in [0.05, 0.1) is 14.2 Å². The van der Waals surface area contributed by atoms with Gasteiger partial charge in [0.25, 0.3) is 0 Å². The van der Waals surface area contributed by atoms with E-state index in [9.17, 15) is 0 Å². The van der Waals surface area contributed by atoms with Gasteiger partial charge in [-0.2, -0.15) is 0 Å². The molecule has 1 aromatic rings. The summed E-state index contributed by atoms with van der Waals surface area (Å²) in [5.74, 6) is 1.28. The zero-order valence-electron chi connectivity index (χ0n) is 9.05. The summed E-state index contributed by atoms with van der Waals surface area (Å²) < 4.78 is 10.3. The van der Waals surface area contributed by atoms with Gasteiger partial charge < -0.3 is 15.2 Å². The van der Waals surface area contributed by atoms with Crippen molar-refractivity contribution in [3.63, 3.8) is 0 Å². The molecule has 1 aromatic carbocycles. The third-order valence-corrected chi connectivity index (χ3v) is 2.55. The Bertz CT molecular complexity index is 303. The molecule has 1 rings (SSSR count). The molecule has 0 aliphatic carbocycles. The summed E-state index contributed by atoms with van der Waals surface area (Å²) in [5, 5.41) is 0.511. The lowest BCUT2D eigenvalue weighted by molar-refractivity contribution is 0.394. The number of halogens is 1. The maximum absolute atomic E-state index is 6.04. The minimum atomic E-state index is 0.511. The van der Waals surface area contributed by atoms with Crippen molar-refractivity contribution in [1.82, 2.24) is 0 Å². The molecule has 2 N–H and O–H groups in total. The molecule has 0 fully saturated rings. The topological polar surface area (TPSA) is 44.5 Å². The van der Waals surface area contributed by atoms with Gasteiger partial charge in [-0.3, -0.25) is 0 Å². The highest BCUT2D eigenvalue weighted by molar-refractivity contribution is 6.33. The largest absolute Gasteiger partial charge is 0.495 e. The van der Waals surface area contributed by atoms with Crippen molar-refractivity contribution in [3.05, 3.63) is 22.7 Å². The van der Waals surface area contributed by atoms with Crippen molar-refractivity contribution < 1.29 is 9.47 Å². The molecule has 0 spiro atoms. The lowest BCUT2D eigenvalue weighted by Gasteiger charge is -2.10. The molecule has 4 heteroatoms. The Balaban J connectivity index is 2.98. The van der Waals surface area contributed by atoms with E-state index >= 15 is 0 Å². The molecule has 0 atom stereocenters. The van der Waals surface area contributed by atoms with E-state index in [0.29, 0.717) is 23.1 Å². The summed E-state index contributed by atoms with van der Waals surface area (Å²) in [6, 6.07) is 3.83. The van der Waals surface area contributed by atoms with Gasteiger partial charge in [0.2, 0.25) is 0 Å². The maximum atomic E-state index is 6.04. The highest BCUT2D eigenvalue weighted by atomic mass is 35.5. The summed E-state index contributed by atoms with van der Waals surface area (Å²) in [6.45, 7) is 0.674. The lowest BCUT2D eigenvalue weighted by Crippen LogP contribution is -2.01. The molecule has 0 radical (unpaired) electrons. The van der Waals surface area contributed by atoms with Crippen molar-refractivity contribution in [1.29, 1.82) is 0 Å². The van der Waals surface area contributed by atoms with Crippen LogP contribution >= 0.6 is 11.6 Å². The fourth-order valence-corrected chi connectivity index (χ4v) is 1.64. The Morgan fingerprint density at radius 3 is 2.13 bits per heavy atom. The zero-order chi connectivity index (χ0) is 11.3. The quantitative estimate of drug-likeness (QED) is 0.842. The first-order valence-corrected chi connectivity index (χ1v) is 5.21. The van der Waals surface area contributed by atoms with E-state index < -0.39 is 0 Å². The third kappa shape index (κ3) is 3.01. The summed E-state index contributed by atoms with van der Waals surface area (Å²) in [4.78, 5) is 0. The van der Waals surface area contributed by atoms with Crippen LogP contribution in [0.3, 0.4) is 0 Å². The second kappa shape index (κ2) is 5.83. The maximum Gasteiger partial charge on any atom is 0.141 e. The Kier molecular flexibility index (Phi) is 4.72. The predicted octanol–water partition coefficient (Wildman–Crippen LogP) is 2.25. The van der Waals surface area contributed by atoms with Gasteiger partial charge in [0.1, 0.15) is 16.5 Å². The van der Waals surface area contributed by atoms with Gasteiger partial charge >= 0.3 is 0 Å². The van der Waals surface area contributed by atoms with Crippen LogP contribution in [0.4, 0.5) is 0 Å². The SMILES string of the molecule is COc1cc(CCCN)cc(OC)c1Cl. The van der Waals surface area contributed by atoms with Crippen molar-refractivity contribution in [3.8, 4) is 11.5 Å². The van der Waals surface area contributed by atoms with E-state index in [2.05, 4.69) is 0 Å². The zero-order valence-corrected chi connectivity index (χ0v) is 9.80. The van der Waals surface area contributed by atoms with Crippen LogP contribution in [-0.2, 0) is 6.42 Å². The van der Waals surface area contributed by atoms with Crippen LogP contribution in [0.2, 0.25) is 5.02 Å². The van der Waals surface area contributed by atoms with Crippen molar-refractivity contribution in [2.24, 2.45) is 5.73 Å². The fourth-order valence-electron chi connectivity index (χ4n) is 1.37. The molecule has 0 aliphatic heterocycles. The van der Waals surface area contributed by atoms with Gasteiger partial charge in [0.15, 0.2) is 0 Å². The average Bonchev–Trinajstić information content (AvgIpc) is 2.27. The number of hydrogen-bond acceptors (Lipinski definition) is 3. The Labute approximate surface area is 95.1 Å². The fraction of sp³-hybridized carbons (Fsp3) is 0.455. The molecular weight excluding hydrogens is 214 g/mol. The van der Waals surface area contributed by atoms with Crippen LogP contribution < -0.4 is 15.2 Å². The van der Waals surface area contributed by atoms with Gasteiger partial charge in [0, 0.05) is 0 Å². The molecule has 15 heavy (non-hydrogen) atoms. The molecule has 0 aliphatic rings. The summed E-state index contributed by atoms with van der Waals surface area (Å²) >= 11 is 6.04. The number of rotatable bonds is 5. The van der Waals surface area contributed by atoms with Gasteiger partial charge in [-0.25, -0.2) is 0 Å². The molecule has 0 amide bonds. The Hall–Kier alpha value is -0.930. The minimum Gasteiger partial charge on any atom is -0.495 e. The average molecular weight is 230 g/mol. The van der Waals surface area contributed by atoms with Gasteiger partial charge in [-0.05, 0) is 37.1 Å². The minimum absolute atomic E-state index is 0.511. The normalized spacial score (nSPS) is 10.1. The summed E-state index contributed by atoms with van der Waals surface area (Å²) in [5.41, 5.74) is 6.58. The number of aryl methyl sites for hydroxylation is 1. The molecule has 0 saturated heterocycles. The molecule has 84 valence electrons. The second-order valence-corrected chi connectivity index (χ2v) is 3.58. The molecule has 0 unspecified atom stereocenters. The van der Waals surface area contributed by atoms with Gasteiger partial charge in [-0.15, -0.1) is 0 Å². The van der Waals surface area contributed by atoms with E-state index in [1.807, 2.05) is 12.1 Å². The molecule has 0 heterocycles. The van der Waals surface area contributed by atoms with E-state index in [-0.39, 0.29) is 0 Å². The van der Waals surface area contributed by atoms with Crippen LogP contribution in [-0.4, -0.2) is 20.8 Å². The van der Waals surface area contributed by atoms with Crippen LogP contribution in [0.5, 0.6) is 11.5 Å². The van der Waals surface area contributed by atoms with E-state index in [4.69, 9.17) is 26.8 Å². The predicted molar refractivity (Wildman–Crippen MR) is 61.9 cm³/mol. The number of hydrogen-bond donors (Lipinski definition) is 1. The number of methoxy groups -OCH3 is 2. The van der Waals surface area contributed by atoms with Crippen molar-refractivity contribution in [2.75, 3.05) is 20.8 Å². The van der Waals surface area contributed by atoms with E-state index in [1.54, 1.807) is 14.2 Å². The van der Waals surface area contributed by atoms with Crippen LogP contribution in [0.25, 0.3) is 0 Å². The van der Waals surface area contributed by atoms with Gasteiger partial charge in [-0.1, -0.05) is 11.6 Å². The van der Waals surface area contributed by atoms with Crippen LogP contribution in [0, 0.1) is 0 Å². The highest BCUT2D eigenvalue weighted by Gasteiger charge is 2.09. The molecular formula is C11H16ClNO2. The Morgan fingerprint density at radius 2 is 1.73 bits per heavy atom.